The van der Waals surface area contributed by atoms with Crippen LogP contribution in [0.3, 0.4) is 0 Å². The molecule has 0 aliphatic carbocycles. The minimum Gasteiger partial charge on any atom is -0.477 e. The SMILES string of the molecule is O=C(O)c1c2n(c3c(F)c(N4CCNCC4)c(F)cc3c1=O)C(c1ccc(F)cc1F)S2. The summed E-state index contributed by atoms with van der Waals surface area (Å²) in [6.07, 6.45) is 0. The molecule has 5 rings (SSSR count). The van der Waals surface area contributed by atoms with Gasteiger partial charge in [0.2, 0.25) is 5.43 Å². The van der Waals surface area contributed by atoms with E-state index in [1.807, 2.05) is 0 Å². The van der Waals surface area contributed by atoms with E-state index in [2.05, 4.69) is 5.32 Å². The van der Waals surface area contributed by atoms with Crippen molar-refractivity contribution in [2.75, 3.05) is 31.1 Å². The summed E-state index contributed by atoms with van der Waals surface area (Å²) < 4.78 is 59.8. The van der Waals surface area contributed by atoms with Gasteiger partial charge in [-0.15, -0.1) is 0 Å². The van der Waals surface area contributed by atoms with Crippen LogP contribution in [0.1, 0.15) is 21.3 Å². The number of hydrogen-bond donors (Lipinski definition) is 2. The zero-order chi connectivity index (χ0) is 22.7. The Morgan fingerprint density at radius 2 is 1.81 bits per heavy atom. The molecule has 0 radical (unpaired) electrons. The first kappa shape index (κ1) is 20.8. The quantitative estimate of drug-likeness (QED) is 0.579. The van der Waals surface area contributed by atoms with E-state index in [0.717, 1.165) is 23.9 Å². The minimum absolute atomic E-state index is 0.0161. The first-order valence-electron chi connectivity index (χ1n) is 9.70. The number of carbonyl (C=O) groups is 1. The van der Waals surface area contributed by atoms with Crippen LogP contribution in [0.5, 0.6) is 0 Å². The van der Waals surface area contributed by atoms with Crippen molar-refractivity contribution in [1.82, 2.24) is 9.88 Å². The molecule has 0 saturated carbocycles. The molecule has 0 amide bonds. The van der Waals surface area contributed by atoms with E-state index in [4.69, 9.17) is 0 Å². The summed E-state index contributed by atoms with van der Waals surface area (Å²) in [7, 11) is 0. The van der Waals surface area contributed by atoms with Crippen molar-refractivity contribution in [2.24, 2.45) is 0 Å². The highest BCUT2D eigenvalue weighted by Crippen LogP contribution is 2.51. The van der Waals surface area contributed by atoms with Crippen LogP contribution in [-0.4, -0.2) is 41.8 Å². The number of carboxylic acid groups (broad SMARTS) is 1. The van der Waals surface area contributed by atoms with Crippen LogP contribution in [0.15, 0.2) is 34.1 Å². The Hall–Kier alpha value is -3.05. The van der Waals surface area contributed by atoms with E-state index in [0.29, 0.717) is 32.2 Å². The number of nitrogens with one attached hydrogen (secondary N) is 1. The second-order valence-corrected chi connectivity index (χ2v) is 8.54. The highest BCUT2D eigenvalue weighted by Gasteiger charge is 2.39. The molecule has 6 nitrogen and oxygen atoms in total. The van der Waals surface area contributed by atoms with Gasteiger partial charge in [-0.1, -0.05) is 17.8 Å². The molecular weight excluding hydrogens is 450 g/mol. The van der Waals surface area contributed by atoms with Crippen LogP contribution in [0.25, 0.3) is 10.9 Å². The Balaban J connectivity index is 1.82. The van der Waals surface area contributed by atoms with Crippen LogP contribution in [-0.2, 0) is 0 Å². The van der Waals surface area contributed by atoms with Gasteiger partial charge in [0, 0.05) is 37.8 Å². The number of aromatic carboxylic acids is 1. The van der Waals surface area contributed by atoms with E-state index >= 15 is 4.39 Å². The number of thioether (sulfide) groups is 1. The van der Waals surface area contributed by atoms with E-state index < -0.39 is 51.0 Å². The molecule has 2 aromatic carbocycles. The lowest BCUT2D eigenvalue weighted by atomic mass is 10.1. The van der Waals surface area contributed by atoms with Crippen LogP contribution in [0.4, 0.5) is 23.2 Å². The summed E-state index contributed by atoms with van der Waals surface area (Å²) in [6.45, 7) is 1.67. The number of carboxylic acids is 1. The van der Waals surface area contributed by atoms with E-state index in [9.17, 15) is 27.9 Å². The number of aromatic nitrogens is 1. The van der Waals surface area contributed by atoms with Crippen LogP contribution in [0.2, 0.25) is 0 Å². The fraction of sp³-hybridized carbons (Fsp3) is 0.238. The molecule has 1 fully saturated rings. The summed E-state index contributed by atoms with van der Waals surface area (Å²) >= 11 is 0.846. The summed E-state index contributed by atoms with van der Waals surface area (Å²) in [5.74, 6) is -5.27. The highest BCUT2D eigenvalue weighted by molar-refractivity contribution is 8.00. The lowest BCUT2D eigenvalue weighted by molar-refractivity contribution is 0.0689. The molecule has 1 aromatic heterocycles. The molecule has 1 saturated heterocycles. The standard InChI is InChI=1S/C21H15F4N3O3S/c22-9-1-2-10(12(23)7-9)19-28-16-11(18(29)14(21(30)31)20(28)32-19)8-13(24)17(15(16)25)27-5-3-26-4-6-27/h1-2,7-8,19,26H,3-6H2,(H,30,31). The van der Waals surface area contributed by atoms with Crippen LogP contribution >= 0.6 is 11.8 Å². The van der Waals surface area contributed by atoms with Gasteiger partial charge in [0.1, 0.15) is 34.1 Å². The zero-order valence-electron chi connectivity index (χ0n) is 16.3. The van der Waals surface area contributed by atoms with E-state index in [-0.39, 0.29) is 21.8 Å². The molecule has 32 heavy (non-hydrogen) atoms. The van der Waals surface area contributed by atoms with Gasteiger partial charge < -0.3 is 19.9 Å². The number of hydrogen-bond acceptors (Lipinski definition) is 5. The molecular formula is C21H15F4N3O3S. The van der Waals surface area contributed by atoms with Gasteiger partial charge in [-0.25, -0.2) is 22.4 Å². The third-order valence-corrected chi connectivity index (χ3v) is 6.96. The van der Waals surface area contributed by atoms with Crippen LogP contribution < -0.4 is 15.6 Å². The van der Waals surface area contributed by atoms with Crippen molar-refractivity contribution in [3.05, 3.63) is 68.9 Å². The molecule has 166 valence electrons. The van der Waals surface area contributed by atoms with Gasteiger partial charge in [0.25, 0.3) is 0 Å². The Kier molecular flexibility index (Phi) is 4.90. The maximum absolute atomic E-state index is 15.8. The average molecular weight is 465 g/mol. The lowest BCUT2D eigenvalue weighted by Crippen LogP contribution is -2.44. The molecule has 3 heterocycles. The van der Waals surface area contributed by atoms with Crippen molar-refractivity contribution in [1.29, 1.82) is 0 Å². The van der Waals surface area contributed by atoms with E-state index in [1.165, 1.54) is 15.5 Å². The molecule has 0 bridgehead atoms. The van der Waals surface area contributed by atoms with Gasteiger partial charge in [0.15, 0.2) is 5.82 Å². The fourth-order valence-corrected chi connectivity index (χ4v) is 5.47. The minimum atomic E-state index is -1.56. The summed E-state index contributed by atoms with van der Waals surface area (Å²) in [6, 6.07) is 3.70. The molecule has 2 N–H and O–H groups in total. The maximum Gasteiger partial charge on any atom is 0.342 e. The average Bonchev–Trinajstić information content (AvgIpc) is 2.73. The number of pyridine rings is 1. The Labute approximate surface area is 182 Å². The number of fused-ring (bicyclic) bond motifs is 3. The molecule has 2 aliphatic rings. The van der Waals surface area contributed by atoms with Crippen molar-refractivity contribution in [3.63, 3.8) is 0 Å². The molecule has 11 heteroatoms. The Bertz CT molecular complexity index is 1350. The summed E-state index contributed by atoms with van der Waals surface area (Å²) in [5, 5.41) is 11.2. The van der Waals surface area contributed by atoms with Crippen molar-refractivity contribution < 1.29 is 27.5 Å². The maximum atomic E-state index is 15.8. The molecule has 3 aromatic rings. The molecule has 2 aliphatic heterocycles. The van der Waals surface area contributed by atoms with Gasteiger partial charge in [-0.2, -0.15) is 0 Å². The van der Waals surface area contributed by atoms with Gasteiger partial charge in [-0.3, -0.25) is 4.79 Å². The number of piperazine rings is 1. The smallest absolute Gasteiger partial charge is 0.342 e. The Morgan fingerprint density at radius 1 is 1.09 bits per heavy atom. The molecule has 1 atom stereocenters. The van der Waals surface area contributed by atoms with E-state index in [1.54, 1.807) is 0 Å². The fourth-order valence-electron chi connectivity index (χ4n) is 4.18. The monoisotopic (exact) mass is 465 g/mol. The van der Waals surface area contributed by atoms with Crippen molar-refractivity contribution in [3.8, 4) is 0 Å². The highest BCUT2D eigenvalue weighted by atomic mass is 32.2. The van der Waals surface area contributed by atoms with Gasteiger partial charge in [-0.05, 0) is 12.1 Å². The lowest BCUT2D eigenvalue weighted by Gasteiger charge is -2.36. The normalized spacial score (nSPS) is 17.9. The third kappa shape index (κ3) is 2.99. The number of anilines is 1. The predicted octanol–water partition coefficient (Wildman–Crippen LogP) is 3.32. The van der Waals surface area contributed by atoms with Gasteiger partial charge in [0.05, 0.1) is 15.9 Å². The second kappa shape index (κ2) is 7.52. The number of halogens is 4. The zero-order valence-corrected chi connectivity index (χ0v) is 17.1. The molecule has 0 spiro atoms. The predicted molar refractivity (Wildman–Crippen MR) is 111 cm³/mol. The largest absolute Gasteiger partial charge is 0.477 e. The number of rotatable bonds is 3. The summed E-state index contributed by atoms with van der Waals surface area (Å²) in [5.41, 5.74) is -2.31. The van der Waals surface area contributed by atoms with Gasteiger partial charge >= 0.3 is 5.97 Å². The topological polar surface area (TPSA) is 74.6 Å². The first-order valence-corrected chi connectivity index (χ1v) is 10.6. The third-order valence-electron chi connectivity index (χ3n) is 5.65. The van der Waals surface area contributed by atoms with Crippen molar-refractivity contribution in [2.45, 2.75) is 10.4 Å². The first-order chi connectivity index (χ1) is 15.3. The van der Waals surface area contributed by atoms with Crippen molar-refractivity contribution >= 4 is 34.3 Å². The second-order valence-electron chi connectivity index (χ2n) is 7.47. The number of benzene rings is 2. The molecule has 1 unspecified atom stereocenters. The summed E-state index contributed by atoms with van der Waals surface area (Å²) in [4.78, 5) is 26.1. The van der Waals surface area contributed by atoms with Crippen LogP contribution in [0, 0.1) is 23.3 Å². The number of nitrogens with zero attached hydrogens (tertiary/aromatic N) is 2. The Morgan fingerprint density at radius 3 is 2.47 bits per heavy atom.